The van der Waals surface area contributed by atoms with Gasteiger partial charge in [0.1, 0.15) is 17.7 Å². The minimum atomic E-state index is -0.633. The molecule has 1 spiro atoms. The largest absolute Gasteiger partial charge is 0.481 e. The molecule has 0 saturated heterocycles. The summed E-state index contributed by atoms with van der Waals surface area (Å²) < 4.78 is 0. The molecule has 1 atom stereocenters. The molecule has 150 valence electrons. The van der Waals surface area contributed by atoms with Crippen molar-refractivity contribution < 1.29 is 14.7 Å². The van der Waals surface area contributed by atoms with Crippen molar-refractivity contribution in [2.45, 2.75) is 44.4 Å². The lowest BCUT2D eigenvalue weighted by atomic mass is 9.76. The van der Waals surface area contributed by atoms with Crippen LogP contribution in [0.25, 0.3) is 0 Å². The topological polar surface area (TPSA) is 109 Å². The third kappa shape index (κ3) is 2.96. The standard InChI is InChI=1S/C22H24N4O3/c23-19-18-17(24-12-25-19)7-10-26(20(18)27)15-3-1-13(2-4-15)14-5-8-22(9-6-14)11-16(22)21(28)29/h1-4,12,14,16H,5-11H2,(H,28,29)(H2,23,24,25). The summed E-state index contributed by atoms with van der Waals surface area (Å²) >= 11 is 0. The van der Waals surface area contributed by atoms with Gasteiger partial charge in [0, 0.05) is 18.7 Å². The molecule has 7 nitrogen and oxygen atoms in total. The van der Waals surface area contributed by atoms with Gasteiger partial charge in [-0.15, -0.1) is 0 Å². The molecule has 1 aromatic carbocycles. The highest BCUT2D eigenvalue weighted by molar-refractivity contribution is 6.10. The third-order valence-corrected chi connectivity index (χ3v) is 7.13. The Bertz CT molecular complexity index is 980. The summed E-state index contributed by atoms with van der Waals surface area (Å²) in [7, 11) is 0. The van der Waals surface area contributed by atoms with Crippen LogP contribution in [0, 0.1) is 11.3 Å². The first kappa shape index (κ1) is 18.1. The van der Waals surface area contributed by atoms with Crippen molar-refractivity contribution in [3.63, 3.8) is 0 Å². The van der Waals surface area contributed by atoms with Gasteiger partial charge in [0.25, 0.3) is 5.91 Å². The van der Waals surface area contributed by atoms with Crippen molar-refractivity contribution in [1.29, 1.82) is 0 Å². The smallest absolute Gasteiger partial charge is 0.307 e. The Hall–Kier alpha value is -2.96. The summed E-state index contributed by atoms with van der Waals surface area (Å²) in [5.74, 6) is -0.212. The highest BCUT2D eigenvalue weighted by atomic mass is 16.4. The van der Waals surface area contributed by atoms with E-state index in [2.05, 4.69) is 22.1 Å². The molecule has 1 aliphatic heterocycles. The number of carbonyl (C=O) groups is 2. The van der Waals surface area contributed by atoms with E-state index < -0.39 is 5.97 Å². The molecule has 3 aliphatic rings. The van der Waals surface area contributed by atoms with Crippen molar-refractivity contribution in [3.05, 3.63) is 47.4 Å². The summed E-state index contributed by atoms with van der Waals surface area (Å²) in [5.41, 5.74) is 9.23. The molecule has 1 unspecified atom stereocenters. The molecule has 1 amide bonds. The minimum absolute atomic E-state index is 0.0673. The van der Waals surface area contributed by atoms with Crippen LogP contribution in [-0.4, -0.2) is 33.5 Å². The van der Waals surface area contributed by atoms with Gasteiger partial charge in [-0.2, -0.15) is 0 Å². The molecule has 2 aliphatic carbocycles. The van der Waals surface area contributed by atoms with Crippen molar-refractivity contribution >= 4 is 23.4 Å². The highest BCUT2D eigenvalue weighted by Crippen LogP contribution is 2.63. The Morgan fingerprint density at radius 3 is 2.55 bits per heavy atom. The second kappa shape index (κ2) is 6.54. The summed E-state index contributed by atoms with van der Waals surface area (Å²) in [4.78, 5) is 34.1. The van der Waals surface area contributed by atoms with Gasteiger partial charge in [-0.25, -0.2) is 9.97 Å². The molecular weight excluding hydrogens is 368 g/mol. The summed E-state index contributed by atoms with van der Waals surface area (Å²) in [5, 5.41) is 9.26. The molecule has 1 aromatic heterocycles. The number of nitrogens with two attached hydrogens (primary N) is 1. The number of rotatable bonds is 3. The van der Waals surface area contributed by atoms with Crippen LogP contribution in [0.1, 0.15) is 59.6 Å². The van der Waals surface area contributed by atoms with Gasteiger partial charge >= 0.3 is 5.97 Å². The van der Waals surface area contributed by atoms with E-state index in [-0.39, 0.29) is 23.1 Å². The number of hydrogen-bond acceptors (Lipinski definition) is 5. The lowest BCUT2D eigenvalue weighted by Crippen LogP contribution is -2.39. The van der Waals surface area contributed by atoms with Crippen molar-refractivity contribution in [1.82, 2.24) is 9.97 Å². The zero-order chi connectivity index (χ0) is 20.2. The minimum Gasteiger partial charge on any atom is -0.481 e. The second-order valence-corrected chi connectivity index (χ2v) is 8.61. The van der Waals surface area contributed by atoms with E-state index in [0.717, 1.165) is 37.8 Å². The van der Waals surface area contributed by atoms with Gasteiger partial charge in [0.2, 0.25) is 0 Å². The van der Waals surface area contributed by atoms with Gasteiger partial charge in [0.15, 0.2) is 0 Å². The number of aliphatic carboxylic acids is 1. The number of amides is 1. The first-order valence-corrected chi connectivity index (χ1v) is 10.2. The van der Waals surface area contributed by atoms with Crippen LogP contribution in [0.15, 0.2) is 30.6 Å². The van der Waals surface area contributed by atoms with Crippen LogP contribution < -0.4 is 10.6 Å². The summed E-state index contributed by atoms with van der Waals surface area (Å²) in [6.45, 7) is 0.574. The van der Waals surface area contributed by atoms with E-state index >= 15 is 0 Å². The van der Waals surface area contributed by atoms with E-state index in [9.17, 15) is 14.7 Å². The molecule has 3 N–H and O–H groups in total. The number of carboxylic acids is 1. The molecule has 2 aromatic rings. The van der Waals surface area contributed by atoms with Gasteiger partial charge in [-0.1, -0.05) is 12.1 Å². The number of hydrogen-bond donors (Lipinski definition) is 2. The van der Waals surface area contributed by atoms with Crippen LogP contribution in [0.3, 0.4) is 0 Å². The third-order valence-electron chi connectivity index (χ3n) is 7.13. The fraction of sp³-hybridized carbons (Fsp3) is 0.455. The second-order valence-electron chi connectivity index (χ2n) is 8.61. The molecule has 2 saturated carbocycles. The Kier molecular flexibility index (Phi) is 4.08. The van der Waals surface area contributed by atoms with E-state index in [4.69, 9.17) is 5.73 Å². The predicted molar refractivity (Wildman–Crippen MR) is 108 cm³/mol. The van der Waals surface area contributed by atoms with E-state index in [0.29, 0.717) is 30.1 Å². The molecular formula is C22H24N4O3. The van der Waals surface area contributed by atoms with Gasteiger partial charge < -0.3 is 15.7 Å². The lowest BCUT2D eigenvalue weighted by Gasteiger charge is -2.31. The van der Waals surface area contributed by atoms with Crippen LogP contribution in [-0.2, 0) is 11.2 Å². The van der Waals surface area contributed by atoms with Gasteiger partial charge in [-0.3, -0.25) is 9.59 Å². The number of anilines is 2. The average molecular weight is 392 g/mol. The molecule has 7 heteroatoms. The molecule has 0 radical (unpaired) electrons. The molecule has 29 heavy (non-hydrogen) atoms. The molecule has 0 bridgehead atoms. The Morgan fingerprint density at radius 1 is 1.17 bits per heavy atom. The van der Waals surface area contributed by atoms with Gasteiger partial charge in [0.05, 0.1) is 11.6 Å². The number of nitrogen functional groups attached to an aromatic ring is 1. The fourth-order valence-electron chi connectivity index (χ4n) is 5.26. The highest BCUT2D eigenvalue weighted by Gasteiger charge is 2.58. The Balaban J connectivity index is 1.29. The summed E-state index contributed by atoms with van der Waals surface area (Å²) in [6, 6.07) is 8.21. The van der Waals surface area contributed by atoms with E-state index in [1.807, 2.05) is 12.1 Å². The fourth-order valence-corrected chi connectivity index (χ4v) is 5.26. The maximum Gasteiger partial charge on any atom is 0.307 e. The predicted octanol–water partition coefficient (Wildman–Crippen LogP) is 3.01. The van der Waals surface area contributed by atoms with Crippen LogP contribution in [0.2, 0.25) is 0 Å². The van der Waals surface area contributed by atoms with Crippen LogP contribution in [0.5, 0.6) is 0 Å². The monoisotopic (exact) mass is 392 g/mol. The van der Waals surface area contributed by atoms with Crippen molar-refractivity contribution in [3.8, 4) is 0 Å². The zero-order valence-electron chi connectivity index (χ0n) is 16.2. The quantitative estimate of drug-likeness (QED) is 0.831. The van der Waals surface area contributed by atoms with E-state index in [1.54, 1.807) is 4.90 Å². The normalized spacial score (nSPS) is 28.3. The van der Waals surface area contributed by atoms with E-state index in [1.165, 1.54) is 11.9 Å². The number of aromatic nitrogens is 2. The Labute approximate surface area is 169 Å². The lowest BCUT2D eigenvalue weighted by molar-refractivity contribution is -0.139. The molecule has 5 rings (SSSR count). The van der Waals surface area contributed by atoms with Crippen LogP contribution >= 0.6 is 0 Å². The maximum atomic E-state index is 12.9. The van der Waals surface area contributed by atoms with Crippen molar-refractivity contribution in [2.24, 2.45) is 11.3 Å². The molecule has 2 fully saturated rings. The number of carbonyl (C=O) groups excluding carboxylic acids is 1. The van der Waals surface area contributed by atoms with Crippen molar-refractivity contribution in [2.75, 3.05) is 17.2 Å². The molecule has 2 heterocycles. The number of fused-ring (bicyclic) bond motifs is 1. The Morgan fingerprint density at radius 2 is 1.90 bits per heavy atom. The summed E-state index contributed by atoms with van der Waals surface area (Å²) in [6.07, 6.45) is 6.97. The first-order valence-electron chi connectivity index (χ1n) is 10.2. The zero-order valence-corrected chi connectivity index (χ0v) is 16.2. The van der Waals surface area contributed by atoms with Gasteiger partial charge in [-0.05, 0) is 61.1 Å². The van der Waals surface area contributed by atoms with Crippen LogP contribution in [0.4, 0.5) is 11.5 Å². The first-order chi connectivity index (χ1) is 14.0. The number of benzene rings is 1. The SMILES string of the molecule is Nc1ncnc2c1C(=O)N(c1ccc(C3CCC4(CC3)CC4C(=O)O)cc1)CC2. The number of carboxylic acid groups (broad SMARTS) is 1. The number of nitrogens with zero attached hydrogens (tertiary/aromatic N) is 3. The maximum absolute atomic E-state index is 12.9. The average Bonchev–Trinajstić information content (AvgIpc) is 3.43.